The molecule has 1 fully saturated rings. The highest BCUT2D eigenvalue weighted by atomic mass is 79.9. The highest BCUT2D eigenvalue weighted by molar-refractivity contribution is 9.09. The maximum atomic E-state index is 13.6. The van der Waals surface area contributed by atoms with E-state index >= 15 is 0 Å². The van der Waals surface area contributed by atoms with Crippen LogP contribution >= 0.6 is 15.9 Å². The molecule has 1 aromatic rings. The van der Waals surface area contributed by atoms with Gasteiger partial charge in [0.25, 0.3) is 0 Å². The largest absolute Gasteiger partial charge is 0.492 e. The van der Waals surface area contributed by atoms with Crippen molar-refractivity contribution in [2.75, 3.05) is 23.9 Å². The van der Waals surface area contributed by atoms with Crippen LogP contribution in [0, 0.1) is 17.6 Å². The van der Waals surface area contributed by atoms with Gasteiger partial charge in [-0.15, -0.1) is 0 Å². The maximum absolute atomic E-state index is 13.6. The highest BCUT2D eigenvalue weighted by Gasteiger charge is 2.32. The Hall–Kier alpha value is -1.17. The Bertz CT molecular complexity index is 481. The molecular formula is C12H12BrF2NO2. The van der Waals surface area contributed by atoms with E-state index in [1.54, 1.807) is 0 Å². The minimum Gasteiger partial charge on any atom is -0.492 e. The van der Waals surface area contributed by atoms with Gasteiger partial charge in [-0.2, -0.15) is 0 Å². The first-order chi connectivity index (χ1) is 8.56. The number of halogens is 3. The van der Waals surface area contributed by atoms with Crippen LogP contribution < -0.4 is 9.64 Å². The summed E-state index contributed by atoms with van der Waals surface area (Å²) in [6, 6.07) is 1.86. The van der Waals surface area contributed by atoms with Gasteiger partial charge in [-0.1, -0.05) is 15.9 Å². The predicted molar refractivity (Wildman–Crippen MR) is 67.2 cm³/mol. The van der Waals surface area contributed by atoms with Crippen LogP contribution in [-0.4, -0.2) is 24.9 Å². The molecule has 0 N–H and O–H groups in total. The topological polar surface area (TPSA) is 29.5 Å². The van der Waals surface area contributed by atoms with Gasteiger partial charge in [0.1, 0.15) is 5.82 Å². The van der Waals surface area contributed by atoms with Crippen molar-refractivity contribution in [3.8, 4) is 5.75 Å². The molecule has 1 aliphatic rings. The molecule has 1 atom stereocenters. The van der Waals surface area contributed by atoms with Crippen LogP contribution in [0.5, 0.6) is 5.75 Å². The molecule has 0 aliphatic carbocycles. The van der Waals surface area contributed by atoms with Crippen molar-refractivity contribution in [3.05, 3.63) is 23.8 Å². The molecular weight excluding hydrogens is 308 g/mol. The van der Waals surface area contributed by atoms with E-state index in [0.29, 0.717) is 18.3 Å². The van der Waals surface area contributed by atoms with E-state index in [0.717, 1.165) is 12.1 Å². The van der Waals surface area contributed by atoms with E-state index in [1.807, 2.05) is 0 Å². The number of hydrogen-bond acceptors (Lipinski definition) is 2. The number of rotatable bonds is 3. The Balaban J connectivity index is 2.41. The third-order valence-corrected chi connectivity index (χ3v) is 3.82. The second kappa shape index (κ2) is 5.22. The average molecular weight is 320 g/mol. The molecule has 1 heterocycles. The van der Waals surface area contributed by atoms with Gasteiger partial charge in [-0.05, 0) is 5.92 Å². The summed E-state index contributed by atoms with van der Waals surface area (Å²) < 4.78 is 31.7. The van der Waals surface area contributed by atoms with Crippen LogP contribution in [0.4, 0.5) is 14.5 Å². The van der Waals surface area contributed by atoms with Gasteiger partial charge in [-0.25, -0.2) is 8.78 Å². The lowest BCUT2D eigenvalue weighted by Gasteiger charge is -2.19. The smallest absolute Gasteiger partial charge is 0.227 e. The molecule has 1 aromatic carbocycles. The summed E-state index contributed by atoms with van der Waals surface area (Å²) in [6.07, 6.45) is 0.368. The molecule has 2 rings (SSSR count). The SMILES string of the molecule is COc1c(F)cc(F)cc1N1CC(CBr)CC1=O. The number of amides is 1. The van der Waals surface area contributed by atoms with Crippen molar-refractivity contribution >= 4 is 27.5 Å². The van der Waals surface area contributed by atoms with Gasteiger partial charge in [-0.3, -0.25) is 4.79 Å². The van der Waals surface area contributed by atoms with Crippen molar-refractivity contribution in [2.24, 2.45) is 5.92 Å². The Morgan fingerprint density at radius 2 is 2.22 bits per heavy atom. The van der Waals surface area contributed by atoms with Gasteiger partial charge in [0.15, 0.2) is 11.6 Å². The van der Waals surface area contributed by atoms with Crippen LogP contribution in [-0.2, 0) is 4.79 Å². The molecule has 1 amide bonds. The van der Waals surface area contributed by atoms with E-state index in [9.17, 15) is 13.6 Å². The Morgan fingerprint density at radius 1 is 1.50 bits per heavy atom. The fourth-order valence-electron chi connectivity index (χ4n) is 2.07. The summed E-state index contributed by atoms with van der Waals surface area (Å²) >= 11 is 3.31. The number of benzene rings is 1. The van der Waals surface area contributed by atoms with Gasteiger partial charge in [0, 0.05) is 30.4 Å². The Kier molecular flexibility index (Phi) is 3.85. The van der Waals surface area contributed by atoms with Gasteiger partial charge >= 0.3 is 0 Å². The maximum Gasteiger partial charge on any atom is 0.227 e. The molecule has 1 aliphatic heterocycles. The standard InChI is InChI=1S/C12H12BrF2NO2/c1-18-12-9(15)3-8(14)4-10(12)16-6-7(5-13)2-11(16)17/h3-4,7H,2,5-6H2,1H3. The van der Waals surface area contributed by atoms with Crippen molar-refractivity contribution in [1.82, 2.24) is 0 Å². The van der Waals surface area contributed by atoms with E-state index in [2.05, 4.69) is 15.9 Å². The molecule has 3 nitrogen and oxygen atoms in total. The number of carbonyl (C=O) groups excluding carboxylic acids is 1. The van der Waals surface area contributed by atoms with Crippen LogP contribution in [0.3, 0.4) is 0 Å². The van der Waals surface area contributed by atoms with Crippen LogP contribution in [0.1, 0.15) is 6.42 Å². The van der Waals surface area contributed by atoms with E-state index in [1.165, 1.54) is 12.0 Å². The molecule has 1 saturated heterocycles. The second-order valence-corrected chi connectivity index (χ2v) is 4.82. The van der Waals surface area contributed by atoms with Crippen molar-refractivity contribution < 1.29 is 18.3 Å². The summed E-state index contributed by atoms with van der Waals surface area (Å²) in [5, 5.41) is 0.676. The molecule has 0 radical (unpaired) electrons. The lowest BCUT2D eigenvalue weighted by Crippen LogP contribution is -2.25. The number of hydrogen-bond donors (Lipinski definition) is 0. The van der Waals surface area contributed by atoms with Gasteiger partial charge < -0.3 is 9.64 Å². The fourth-order valence-corrected chi connectivity index (χ4v) is 2.50. The molecule has 0 bridgehead atoms. The van der Waals surface area contributed by atoms with Crippen molar-refractivity contribution in [2.45, 2.75) is 6.42 Å². The minimum atomic E-state index is -0.803. The van der Waals surface area contributed by atoms with Crippen LogP contribution in [0.15, 0.2) is 12.1 Å². The minimum absolute atomic E-state index is 0.0972. The third-order valence-electron chi connectivity index (χ3n) is 2.91. The second-order valence-electron chi connectivity index (χ2n) is 4.17. The third kappa shape index (κ3) is 2.34. The number of alkyl halides is 1. The Morgan fingerprint density at radius 3 is 2.78 bits per heavy atom. The van der Waals surface area contributed by atoms with Crippen LogP contribution in [0.2, 0.25) is 0 Å². The van der Waals surface area contributed by atoms with Crippen molar-refractivity contribution in [1.29, 1.82) is 0 Å². The van der Waals surface area contributed by atoms with Gasteiger partial charge in [0.2, 0.25) is 5.91 Å². The van der Waals surface area contributed by atoms with Gasteiger partial charge in [0.05, 0.1) is 12.8 Å². The summed E-state index contributed by atoms with van der Waals surface area (Å²) in [5.74, 6) is -1.63. The van der Waals surface area contributed by atoms with E-state index < -0.39 is 11.6 Å². The first-order valence-corrected chi connectivity index (χ1v) is 6.58. The molecule has 6 heteroatoms. The predicted octanol–water partition coefficient (Wildman–Crippen LogP) is 2.72. The van der Waals surface area contributed by atoms with E-state index in [-0.39, 0.29) is 23.3 Å². The normalized spacial score (nSPS) is 19.4. The molecule has 1 unspecified atom stereocenters. The van der Waals surface area contributed by atoms with E-state index in [4.69, 9.17) is 4.74 Å². The number of methoxy groups -OCH3 is 1. The first-order valence-electron chi connectivity index (χ1n) is 5.46. The fraction of sp³-hybridized carbons (Fsp3) is 0.417. The number of carbonyl (C=O) groups is 1. The lowest BCUT2D eigenvalue weighted by atomic mass is 10.2. The molecule has 0 saturated carbocycles. The van der Waals surface area contributed by atoms with Crippen molar-refractivity contribution in [3.63, 3.8) is 0 Å². The number of ether oxygens (including phenoxy) is 1. The molecule has 18 heavy (non-hydrogen) atoms. The zero-order chi connectivity index (χ0) is 13.3. The monoisotopic (exact) mass is 319 g/mol. The number of anilines is 1. The highest BCUT2D eigenvalue weighted by Crippen LogP contribution is 2.36. The zero-order valence-electron chi connectivity index (χ0n) is 9.75. The summed E-state index contributed by atoms with van der Waals surface area (Å²) in [4.78, 5) is 13.2. The molecule has 0 spiro atoms. The lowest BCUT2D eigenvalue weighted by molar-refractivity contribution is -0.117. The first kappa shape index (κ1) is 13.3. The Labute approximate surface area is 112 Å². The summed E-state index contributed by atoms with van der Waals surface area (Å²) in [7, 11) is 1.29. The summed E-state index contributed by atoms with van der Waals surface area (Å²) in [5.41, 5.74) is 0.156. The quantitative estimate of drug-likeness (QED) is 0.802. The number of nitrogens with zero attached hydrogens (tertiary/aromatic N) is 1. The molecule has 98 valence electrons. The zero-order valence-corrected chi connectivity index (χ0v) is 11.3. The average Bonchev–Trinajstić information content (AvgIpc) is 2.69. The molecule has 0 aromatic heterocycles. The summed E-state index contributed by atoms with van der Waals surface area (Å²) in [6.45, 7) is 0.434. The van der Waals surface area contributed by atoms with Crippen LogP contribution in [0.25, 0.3) is 0 Å².